The normalized spacial score (nSPS) is 12.3. The molecule has 0 aliphatic rings. The first-order chi connectivity index (χ1) is 7.63. The van der Waals surface area contributed by atoms with E-state index in [1.165, 1.54) is 0 Å². The summed E-state index contributed by atoms with van der Waals surface area (Å²) in [5, 5.41) is 21.1. The highest BCUT2D eigenvalue weighted by molar-refractivity contribution is 5.73. The number of phenolic OH excluding ortho intramolecular Hbond substituents is 1. The Morgan fingerprint density at radius 2 is 2.25 bits per heavy atom. The van der Waals surface area contributed by atoms with Crippen LogP contribution in [-0.2, 0) is 11.3 Å². The molecular weight excluding hydrogens is 206 g/mol. The number of carboxylic acids is 1. The number of nitrogens with one attached hydrogen (secondary N) is 1. The number of aliphatic carboxylic acids is 1. The summed E-state index contributed by atoms with van der Waals surface area (Å²) in [6, 6.07) is 6.27. The summed E-state index contributed by atoms with van der Waals surface area (Å²) in [6.45, 7) is 2.40. The van der Waals surface area contributed by atoms with Crippen LogP contribution in [0, 0.1) is 0 Å². The van der Waals surface area contributed by atoms with Crippen LogP contribution in [0.5, 0.6) is 5.75 Å². The second-order valence-corrected chi connectivity index (χ2v) is 3.73. The molecule has 0 bridgehead atoms. The summed E-state index contributed by atoms with van der Waals surface area (Å²) in [6.07, 6.45) is 1.43. The zero-order chi connectivity index (χ0) is 12.0. The van der Waals surface area contributed by atoms with Crippen LogP contribution in [-0.4, -0.2) is 22.2 Å². The minimum absolute atomic E-state index is 0.196. The molecule has 0 saturated heterocycles. The number of rotatable bonds is 6. The van der Waals surface area contributed by atoms with Gasteiger partial charge in [0.05, 0.1) is 0 Å². The molecule has 3 N–H and O–H groups in total. The van der Waals surface area contributed by atoms with E-state index in [-0.39, 0.29) is 5.75 Å². The van der Waals surface area contributed by atoms with Crippen LogP contribution < -0.4 is 5.32 Å². The Kier molecular flexibility index (Phi) is 4.79. The minimum atomic E-state index is -0.831. The highest BCUT2D eigenvalue weighted by Gasteiger charge is 2.14. The molecule has 0 radical (unpaired) electrons. The number of aromatic hydroxyl groups is 1. The molecule has 0 aliphatic carbocycles. The van der Waals surface area contributed by atoms with E-state index in [2.05, 4.69) is 5.32 Å². The van der Waals surface area contributed by atoms with Crippen molar-refractivity contribution in [2.75, 3.05) is 0 Å². The van der Waals surface area contributed by atoms with Crippen molar-refractivity contribution in [2.45, 2.75) is 32.4 Å². The predicted octanol–water partition coefficient (Wildman–Crippen LogP) is 1.74. The van der Waals surface area contributed by atoms with E-state index in [1.807, 2.05) is 13.0 Å². The first kappa shape index (κ1) is 12.5. The van der Waals surface area contributed by atoms with E-state index in [4.69, 9.17) is 5.11 Å². The Hall–Kier alpha value is -1.55. The van der Waals surface area contributed by atoms with Gasteiger partial charge in [0.25, 0.3) is 0 Å². The molecule has 1 unspecified atom stereocenters. The molecule has 0 fully saturated rings. The SMILES string of the molecule is CCCC(NCc1cccc(O)c1)C(=O)O. The van der Waals surface area contributed by atoms with Gasteiger partial charge in [0.1, 0.15) is 11.8 Å². The lowest BCUT2D eigenvalue weighted by molar-refractivity contribution is -0.139. The van der Waals surface area contributed by atoms with Gasteiger partial charge in [-0.25, -0.2) is 0 Å². The summed E-state index contributed by atoms with van der Waals surface area (Å²) >= 11 is 0. The third-order valence-corrected chi connectivity index (χ3v) is 2.34. The lowest BCUT2D eigenvalue weighted by Gasteiger charge is -2.13. The number of hydrogen-bond donors (Lipinski definition) is 3. The molecular formula is C12H17NO3. The van der Waals surface area contributed by atoms with Gasteiger partial charge in [-0.1, -0.05) is 25.5 Å². The molecule has 4 nitrogen and oxygen atoms in total. The van der Waals surface area contributed by atoms with E-state index in [0.717, 1.165) is 12.0 Å². The first-order valence-electron chi connectivity index (χ1n) is 5.37. The molecule has 88 valence electrons. The number of carbonyl (C=O) groups is 1. The second-order valence-electron chi connectivity index (χ2n) is 3.73. The van der Waals surface area contributed by atoms with E-state index in [0.29, 0.717) is 13.0 Å². The van der Waals surface area contributed by atoms with Crippen molar-refractivity contribution in [2.24, 2.45) is 0 Å². The van der Waals surface area contributed by atoms with Crippen LogP contribution >= 0.6 is 0 Å². The smallest absolute Gasteiger partial charge is 0.320 e. The highest BCUT2D eigenvalue weighted by atomic mass is 16.4. The fourth-order valence-electron chi connectivity index (χ4n) is 1.51. The largest absolute Gasteiger partial charge is 0.508 e. The molecule has 0 spiro atoms. The Bertz CT molecular complexity index is 352. The molecule has 16 heavy (non-hydrogen) atoms. The molecule has 0 aliphatic heterocycles. The fraction of sp³-hybridized carbons (Fsp3) is 0.417. The van der Waals surface area contributed by atoms with Gasteiger partial charge in [-0.2, -0.15) is 0 Å². The Morgan fingerprint density at radius 1 is 1.50 bits per heavy atom. The highest BCUT2D eigenvalue weighted by Crippen LogP contribution is 2.11. The van der Waals surface area contributed by atoms with Gasteiger partial charge in [0.15, 0.2) is 0 Å². The van der Waals surface area contributed by atoms with Gasteiger partial charge in [-0.3, -0.25) is 4.79 Å². The number of hydrogen-bond acceptors (Lipinski definition) is 3. The average Bonchev–Trinajstić information content (AvgIpc) is 2.24. The third-order valence-electron chi connectivity index (χ3n) is 2.34. The molecule has 0 aromatic heterocycles. The fourth-order valence-corrected chi connectivity index (χ4v) is 1.51. The third kappa shape index (κ3) is 3.90. The maximum absolute atomic E-state index is 10.9. The predicted molar refractivity (Wildman–Crippen MR) is 61.3 cm³/mol. The second kappa shape index (κ2) is 6.12. The van der Waals surface area contributed by atoms with Crippen molar-refractivity contribution in [1.29, 1.82) is 0 Å². The molecule has 0 heterocycles. The zero-order valence-corrected chi connectivity index (χ0v) is 9.31. The van der Waals surface area contributed by atoms with Crippen molar-refractivity contribution in [3.8, 4) is 5.75 Å². The minimum Gasteiger partial charge on any atom is -0.508 e. The van der Waals surface area contributed by atoms with Gasteiger partial charge in [-0.15, -0.1) is 0 Å². The van der Waals surface area contributed by atoms with Crippen molar-refractivity contribution in [3.05, 3.63) is 29.8 Å². The van der Waals surface area contributed by atoms with Gasteiger partial charge in [0.2, 0.25) is 0 Å². The van der Waals surface area contributed by atoms with Gasteiger partial charge in [-0.05, 0) is 24.1 Å². The van der Waals surface area contributed by atoms with Crippen LogP contribution in [0.15, 0.2) is 24.3 Å². The summed E-state index contributed by atoms with van der Waals surface area (Å²) in [7, 11) is 0. The molecule has 0 saturated carbocycles. The van der Waals surface area contributed by atoms with E-state index >= 15 is 0 Å². The molecule has 4 heteroatoms. The summed E-state index contributed by atoms with van der Waals surface area (Å²) in [5.74, 6) is -0.635. The summed E-state index contributed by atoms with van der Waals surface area (Å²) in [4.78, 5) is 10.9. The van der Waals surface area contributed by atoms with E-state index < -0.39 is 12.0 Å². The Labute approximate surface area is 94.9 Å². The molecule has 0 amide bonds. The number of benzene rings is 1. The summed E-state index contributed by atoms with van der Waals surface area (Å²) < 4.78 is 0. The van der Waals surface area contributed by atoms with Crippen LogP contribution in [0.2, 0.25) is 0 Å². The Balaban J connectivity index is 2.51. The standard InChI is InChI=1S/C12H17NO3/c1-2-4-11(12(15)16)13-8-9-5-3-6-10(14)7-9/h3,5-7,11,13-14H,2,4,8H2,1H3,(H,15,16). The topological polar surface area (TPSA) is 69.6 Å². The molecule has 1 aromatic carbocycles. The van der Waals surface area contributed by atoms with Crippen molar-refractivity contribution >= 4 is 5.97 Å². The maximum Gasteiger partial charge on any atom is 0.320 e. The lowest BCUT2D eigenvalue weighted by atomic mass is 10.1. The van der Waals surface area contributed by atoms with Gasteiger partial charge in [0, 0.05) is 6.54 Å². The molecule has 1 aromatic rings. The van der Waals surface area contributed by atoms with Crippen molar-refractivity contribution in [3.63, 3.8) is 0 Å². The maximum atomic E-state index is 10.9. The zero-order valence-electron chi connectivity index (χ0n) is 9.31. The monoisotopic (exact) mass is 223 g/mol. The van der Waals surface area contributed by atoms with Crippen LogP contribution in [0.25, 0.3) is 0 Å². The van der Waals surface area contributed by atoms with Crippen LogP contribution in [0.1, 0.15) is 25.3 Å². The van der Waals surface area contributed by atoms with Crippen LogP contribution in [0.4, 0.5) is 0 Å². The van der Waals surface area contributed by atoms with Gasteiger partial charge >= 0.3 is 5.97 Å². The van der Waals surface area contributed by atoms with E-state index in [1.54, 1.807) is 18.2 Å². The van der Waals surface area contributed by atoms with Crippen molar-refractivity contribution < 1.29 is 15.0 Å². The van der Waals surface area contributed by atoms with E-state index in [9.17, 15) is 9.90 Å². The van der Waals surface area contributed by atoms with Gasteiger partial charge < -0.3 is 15.5 Å². The molecule has 1 rings (SSSR count). The van der Waals surface area contributed by atoms with Crippen molar-refractivity contribution in [1.82, 2.24) is 5.32 Å². The first-order valence-corrected chi connectivity index (χ1v) is 5.37. The Morgan fingerprint density at radius 3 is 2.81 bits per heavy atom. The summed E-state index contributed by atoms with van der Waals surface area (Å²) in [5.41, 5.74) is 0.877. The average molecular weight is 223 g/mol. The lowest BCUT2D eigenvalue weighted by Crippen LogP contribution is -2.35. The van der Waals surface area contributed by atoms with Crippen LogP contribution in [0.3, 0.4) is 0 Å². The quantitative estimate of drug-likeness (QED) is 0.687. The molecule has 1 atom stereocenters. The number of carboxylic acid groups (broad SMARTS) is 1. The number of phenols is 1.